The molecule has 94 valence electrons. The van der Waals surface area contributed by atoms with Gasteiger partial charge in [-0.1, -0.05) is 30.9 Å². The molecule has 4 nitrogen and oxygen atoms in total. The van der Waals surface area contributed by atoms with Gasteiger partial charge in [0.25, 0.3) is 0 Å². The molecular weight excluding hydrogens is 238 g/mol. The van der Waals surface area contributed by atoms with Crippen LogP contribution in [0.25, 0.3) is 28.8 Å². The van der Waals surface area contributed by atoms with Crippen LogP contribution in [-0.2, 0) is 0 Å². The van der Waals surface area contributed by atoms with Crippen molar-refractivity contribution in [2.24, 2.45) is 0 Å². The average Bonchev–Trinajstić information content (AvgIpc) is 2.81. The molecular formula is C15H13N3O. The largest absolute Gasteiger partial charge is 0.332 e. The molecule has 0 spiro atoms. The first-order valence-electron chi connectivity index (χ1n) is 6.05. The van der Waals surface area contributed by atoms with E-state index in [2.05, 4.69) is 16.5 Å². The lowest BCUT2D eigenvalue weighted by molar-refractivity contribution is 1.01. The predicted molar refractivity (Wildman–Crippen MR) is 78.1 cm³/mol. The number of nitrogens with zero attached hydrogens (tertiary/aromatic N) is 2. The van der Waals surface area contributed by atoms with Gasteiger partial charge in [-0.05, 0) is 25.1 Å². The van der Waals surface area contributed by atoms with Crippen molar-refractivity contribution in [3.8, 4) is 0 Å². The summed E-state index contributed by atoms with van der Waals surface area (Å²) < 4.78 is 1.59. The minimum Gasteiger partial charge on any atom is -0.306 e. The molecule has 0 amide bonds. The summed E-state index contributed by atoms with van der Waals surface area (Å²) in [5.74, 6) is 0. The van der Waals surface area contributed by atoms with Crippen molar-refractivity contribution in [1.29, 1.82) is 0 Å². The van der Waals surface area contributed by atoms with Crippen LogP contribution >= 0.6 is 0 Å². The Bertz CT molecular complexity index is 868. The molecule has 0 saturated heterocycles. The topological polar surface area (TPSA) is 50.2 Å². The van der Waals surface area contributed by atoms with Crippen LogP contribution in [0.4, 0.5) is 0 Å². The van der Waals surface area contributed by atoms with Crippen LogP contribution < -0.4 is 5.69 Å². The van der Waals surface area contributed by atoms with Crippen LogP contribution in [-0.4, -0.2) is 14.4 Å². The average molecular weight is 251 g/mol. The van der Waals surface area contributed by atoms with Gasteiger partial charge in [0.2, 0.25) is 0 Å². The van der Waals surface area contributed by atoms with Crippen LogP contribution in [0.3, 0.4) is 0 Å². The molecule has 3 rings (SSSR count). The number of H-pyrrole nitrogens is 1. The first kappa shape index (κ1) is 11.5. The van der Waals surface area contributed by atoms with Gasteiger partial charge < -0.3 is 4.98 Å². The molecule has 0 atom stereocenters. The van der Waals surface area contributed by atoms with Crippen LogP contribution in [0.15, 0.2) is 41.7 Å². The highest BCUT2D eigenvalue weighted by atomic mass is 16.1. The lowest BCUT2D eigenvalue weighted by atomic mass is 10.2. The van der Waals surface area contributed by atoms with E-state index in [0.717, 1.165) is 16.6 Å². The number of allylic oxidation sites excluding steroid dienone is 1. The molecule has 1 aromatic carbocycles. The predicted octanol–water partition coefficient (Wildman–Crippen LogP) is 2.85. The minimum atomic E-state index is -0.202. The Labute approximate surface area is 109 Å². The van der Waals surface area contributed by atoms with Gasteiger partial charge in [0, 0.05) is 5.56 Å². The number of hydrogen-bond donors (Lipinski definition) is 1. The minimum absolute atomic E-state index is 0.202. The standard InChI is InChI=1S/C15H13N3O/c1-3-7-10-11(4-2)17-15(19)18-13-9-6-5-8-12(13)16-14(10)18/h3-9H,2H2,1H3,(H,17,19)/b7-3-. The second-order valence-corrected chi connectivity index (χ2v) is 4.22. The third kappa shape index (κ3) is 1.61. The fourth-order valence-electron chi connectivity index (χ4n) is 2.26. The Morgan fingerprint density at radius 2 is 2.16 bits per heavy atom. The number of hydrogen-bond acceptors (Lipinski definition) is 2. The lowest BCUT2D eigenvalue weighted by Gasteiger charge is -2.03. The van der Waals surface area contributed by atoms with E-state index in [-0.39, 0.29) is 5.69 Å². The van der Waals surface area contributed by atoms with E-state index in [4.69, 9.17) is 0 Å². The first-order valence-corrected chi connectivity index (χ1v) is 6.05. The Morgan fingerprint density at radius 3 is 2.89 bits per heavy atom. The van der Waals surface area contributed by atoms with E-state index in [0.29, 0.717) is 11.3 Å². The number of para-hydroxylation sites is 2. The number of benzene rings is 1. The van der Waals surface area contributed by atoms with E-state index in [1.807, 2.05) is 43.3 Å². The van der Waals surface area contributed by atoms with Crippen LogP contribution in [0.5, 0.6) is 0 Å². The smallest absolute Gasteiger partial charge is 0.306 e. The molecule has 2 heterocycles. The highest BCUT2D eigenvalue weighted by Gasteiger charge is 2.12. The normalized spacial score (nSPS) is 11.6. The van der Waals surface area contributed by atoms with Crippen molar-refractivity contribution in [2.75, 3.05) is 0 Å². The van der Waals surface area contributed by atoms with E-state index in [9.17, 15) is 4.79 Å². The van der Waals surface area contributed by atoms with Crippen molar-refractivity contribution in [2.45, 2.75) is 6.92 Å². The molecule has 3 aromatic rings. The molecule has 0 radical (unpaired) electrons. The molecule has 0 fully saturated rings. The van der Waals surface area contributed by atoms with Gasteiger partial charge in [0.05, 0.1) is 16.7 Å². The van der Waals surface area contributed by atoms with Gasteiger partial charge in [0.1, 0.15) is 0 Å². The van der Waals surface area contributed by atoms with E-state index in [1.165, 1.54) is 0 Å². The number of rotatable bonds is 2. The SMILES string of the molecule is C=Cc1[nH]c(=O)n2c(nc3ccccc32)c1/C=C\C. The van der Waals surface area contributed by atoms with Gasteiger partial charge >= 0.3 is 5.69 Å². The zero-order chi connectivity index (χ0) is 13.4. The first-order chi connectivity index (χ1) is 9.26. The maximum atomic E-state index is 12.2. The number of imidazole rings is 1. The Hall–Kier alpha value is -2.62. The monoisotopic (exact) mass is 251 g/mol. The zero-order valence-electron chi connectivity index (χ0n) is 10.6. The van der Waals surface area contributed by atoms with Gasteiger partial charge in [0.15, 0.2) is 5.65 Å². The highest BCUT2D eigenvalue weighted by Crippen LogP contribution is 2.20. The summed E-state index contributed by atoms with van der Waals surface area (Å²) in [4.78, 5) is 19.6. The van der Waals surface area contributed by atoms with Gasteiger partial charge in [-0.25, -0.2) is 14.2 Å². The van der Waals surface area contributed by atoms with Gasteiger partial charge in [-0.2, -0.15) is 0 Å². The molecule has 0 aliphatic heterocycles. The van der Waals surface area contributed by atoms with Crippen molar-refractivity contribution in [3.05, 3.63) is 58.7 Å². The highest BCUT2D eigenvalue weighted by molar-refractivity contribution is 5.85. The third-order valence-electron chi connectivity index (χ3n) is 3.07. The summed E-state index contributed by atoms with van der Waals surface area (Å²) in [6, 6.07) is 7.59. The van der Waals surface area contributed by atoms with E-state index in [1.54, 1.807) is 10.5 Å². The molecule has 0 aliphatic carbocycles. The quantitative estimate of drug-likeness (QED) is 0.761. The maximum Gasteiger partial charge on any atom is 0.332 e. The van der Waals surface area contributed by atoms with Crippen molar-refractivity contribution in [3.63, 3.8) is 0 Å². The number of nitrogens with one attached hydrogen (secondary N) is 1. The fraction of sp³-hybridized carbons (Fsp3) is 0.0667. The van der Waals surface area contributed by atoms with Gasteiger partial charge in [-0.3, -0.25) is 0 Å². The summed E-state index contributed by atoms with van der Waals surface area (Å²) in [6.07, 6.45) is 5.48. The van der Waals surface area contributed by atoms with Crippen LogP contribution in [0.2, 0.25) is 0 Å². The van der Waals surface area contributed by atoms with Crippen molar-refractivity contribution in [1.82, 2.24) is 14.4 Å². The van der Waals surface area contributed by atoms with E-state index < -0.39 is 0 Å². The number of aromatic amines is 1. The summed E-state index contributed by atoms with van der Waals surface area (Å²) in [5, 5.41) is 0. The molecule has 0 aliphatic rings. The maximum absolute atomic E-state index is 12.2. The molecule has 0 unspecified atom stereocenters. The summed E-state index contributed by atoms with van der Waals surface area (Å²) in [5.41, 5.74) is 3.61. The molecule has 1 N–H and O–H groups in total. The van der Waals surface area contributed by atoms with Crippen LogP contribution in [0, 0.1) is 0 Å². The Morgan fingerprint density at radius 1 is 1.37 bits per heavy atom. The van der Waals surface area contributed by atoms with Crippen molar-refractivity contribution < 1.29 is 0 Å². The molecule has 2 aromatic heterocycles. The van der Waals surface area contributed by atoms with Crippen LogP contribution in [0.1, 0.15) is 18.2 Å². The molecule has 0 saturated carbocycles. The summed E-state index contributed by atoms with van der Waals surface area (Å²) in [6.45, 7) is 5.66. The van der Waals surface area contributed by atoms with Gasteiger partial charge in [-0.15, -0.1) is 0 Å². The summed E-state index contributed by atoms with van der Waals surface area (Å²) in [7, 11) is 0. The molecule has 4 heteroatoms. The third-order valence-corrected chi connectivity index (χ3v) is 3.07. The van der Waals surface area contributed by atoms with E-state index >= 15 is 0 Å². The zero-order valence-corrected chi connectivity index (χ0v) is 10.6. The Kier molecular flexibility index (Phi) is 2.56. The molecule has 19 heavy (non-hydrogen) atoms. The summed E-state index contributed by atoms with van der Waals surface area (Å²) >= 11 is 0. The second-order valence-electron chi connectivity index (χ2n) is 4.22. The van der Waals surface area contributed by atoms with Crippen molar-refractivity contribution >= 4 is 28.8 Å². The lowest BCUT2D eigenvalue weighted by Crippen LogP contribution is -2.18. The number of aromatic nitrogens is 3. The fourth-order valence-corrected chi connectivity index (χ4v) is 2.26. The second kappa shape index (κ2) is 4.24. The Balaban J connectivity index is 2.61. The number of fused-ring (bicyclic) bond motifs is 3. The molecule has 0 bridgehead atoms.